The van der Waals surface area contributed by atoms with E-state index in [9.17, 15) is 18.0 Å². The van der Waals surface area contributed by atoms with E-state index in [1.54, 1.807) is 17.5 Å². The molecule has 11 heteroatoms. The van der Waals surface area contributed by atoms with Crippen molar-refractivity contribution in [2.75, 3.05) is 13.1 Å². The highest BCUT2D eigenvalue weighted by Gasteiger charge is 2.32. The van der Waals surface area contributed by atoms with E-state index in [1.165, 1.54) is 15.6 Å². The normalized spacial score (nSPS) is 15.8. The minimum atomic E-state index is -3.50. The molecule has 31 heavy (non-hydrogen) atoms. The van der Waals surface area contributed by atoms with Gasteiger partial charge in [-0.05, 0) is 36.4 Å². The number of hydrazine groups is 1. The summed E-state index contributed by atoms with van der Waals surface area (Å²) in [5.41, 5.74) is 6.64. The molecule has 2 N–H and O–H groups in total. The Morgan fingerprint density at radius 1 is 1.13 bits per heavy atom. The van der Waals surface area contributed by atoms with Crippen LogP contribution >= 0.6 is 11.3 Å². The lowest BCUT2D eigenvalue weighted by atomic mass is 9.98. The molecule has 1 saturated heterocycles. The van der Waals surface area contributed by atoms with Crippen LogP contribution in [0, 0.1) is 5.92 Å². The van der Waals surface area contributed by atoms with Crippen molar-refractivity contribution in [2.24, 2.45) is 13.0 Å². The van der Waals surface area contributed by atoms with E-state index in [2.05, 4.69) is 15.8 Å². The van der Waals surface area contributed by atoms with Crippen molar-refractivity contribution in [3.8, 4) is 0 Å². The zero-order valence-corrected chi connectivity index (χ0v) is 18.6. The summed E-state index contributed by atoms with van der Waals surface area (Å²) in [6, 6.07) is 10.9. The van der Waals surface area contributed by atoms with E-state index in [0.29, 0.717) is 22.9 Å². The number of hydrogen-bond donors (Lipinski definition) is 2. The quantitative estimate of drug-likeness (QED) is 0.558. The fourth-order valence-corrected chi connectivity index (χ4v) is 6.28. The van der Waals surface area contributed by atoms with Crippen molar-refractivity contribution in [3.63, 3.8) is 0 Å². The average Bonchev–Trinajstić information content (AvgIpc) is 3.42. The molecule has 1 fully saturated rings. The third-order valence-electron chi connectivity index (χ3n) is 5.44. The highest BCUT2D eigenvalue weighted by atomic mass is 32.2. The molecular formula is C20H23N5O4S2. The number of para-hydroxylation sites is 2. The first-order chi connectivity index (χ1) is 14.9. The molecule has 0 bridgehead atoms. The standard InChI is InChI=1S/C20H23N5O4S2/c1-24-16-6-3-2-5-15(16)21-17(24)13-18(26)22-23-20(27)14-8-10-25(11-9-14)31(28,29)19-7-4-12-30-19/h2-7,12,14H,8-11,13H2,1H3,(H,22,26)(H,23,27). The number of thiophene rings is 1. The number of rotatable bonds is 5. The number of hydrogen-bond acceptors (Lipinski definition) is 6. The number of benzene rings is 1. The molecule has 2 amide bonds. The predicted octanol–water partition coefficient (Wildman–Crippen LogP) is 1.43. The van der Waals surface area contributed by atoms with Gasteiger partial charge in [0.2, 0.25) is 11.8 Å². The first-order valence-corrected chi connectivity index (χ1v) is 12.2. The average molecular weight is 462 g/mol. The summed E-state index contributed by atoms with van der Waals surface area (Å²) >= 11 is 1.18. The van der Waals surface area contributed by atoms with Crippen molar-refractivity contribution < 1.29 is 18.0 Å². The largest absolute Gasteiger partial charge is 0.331 e. The van der Waals surface area contributed by atoms with Crippen LogP contribution in [0.15, 0.2) is 46.0 Å². The second-order valence-electron chi connectivity index (χ2n) is 7.40. The van der Waals surface area contributed by atoms with Gasteiger partial charge in [0.15, 0.2) is 0 Å². The van der Waals surface area contributed by atoms with Crippen molar-refractivity contribution in [1.82, 2.24) is 24.7 Å². The molecule has 0 saturated carbocycles. The Morgan fingerprint density at radius 3 is 2.55 bits per heavy atom. The predicted molar refractivity (Wildman–Crippen MR) is 117 cm³/mol. The van der Waals surface area contributed by atoms with E-state index < -0.39 is 10.0 Å². The monoisotopic (exact) mass is 461 g/mol. The van der Waals surface area contributed by atoms with Gasteiger partial charge in [-0.15, -0.1) is 11.3 Å². The van der Waals surface area contributed by atoms with Crippen molar-refractivity contribution in [3.05, 3.63) is 47.6 Å². The maximum absolute atomic E-state index is 12.6. The van der Waals surface area contributed by atoms with Crippen molar-refractivity contribution in [1.29, 1.82) is 0 Å². The summed E-state index contributed by atoms with van der Waals surface area (Å²) < 4.78 is 28.7. The van der Waals surface area contributed by atoms with Crippen LogP contribution < -0.4 is 10.9 Å². The van der Waals surface area contributed by atoms with E-state index in [-0.39, 0.29) is 37.2 Å². The number of imidazole rings is 1. The zero-order valence-electron chi connectivity index (χ0n) is 16.9. The van der Waals surface area contributed by atoms with Gasteiger partial charge in [-0.2, -0.15) is 4.31 Å². The van der Waals surface area contributed by atoms with Gasteiger partial charge in [-0.3, -0.25) is 20.4 Å². The lowest BCUT2D eigenvalue weighted by molar-refractivity contribution is -0.131. The van der Waals surface area contributed by atoms with Crippen LogP contribution in [0.5, 0.6) is 0 Å². The number of carbonyl (C=O) groups excluding carboxylic acids is 2. The zero-order chi connectivity index (χ0) is 22.0. The fraction of sp³-hybridized carbons (Fsp3) is 0.350. The number of sulfonamides is 1. The van der Waals surface area contributed by atoms with Gasteiger partial charge in [0, 0.05) is 26.1 Å². The Hall–Kier alpha value is -2.76. The van der Waals surface area contributed by atoms with Crippen LogP contribution in [-0.4, -0.2) is 47.2 Å². The number of aromatic nitrogens is 2. The second-order valence-corrected chi connectivity index (χ2v) is 10.5. The number of carbonyl (C=O) groups is 2. The first kappa shape index (κ1) is 21.5. The first-order valence-electron chi connectivity index (χ1n) is 9.89. The molecule has 0 radical (unpaired) electrons. The van der Waals surface area contributed by atoms with Gasteiger partial charge in [-0.25, -0.2) is 13.4 Å². The molecule has 0 spiro atoms. The van der Waals surface area contributed by atoms with Crippen LogP contribution in [0.25, 0.3) is 11.0 Å². The third kappa shape index (κ3) is 4.48. The van der Waals surface area contributed by atoms with Crippen molar-refractivity contribution >= 4 is 44.2 Å². The molecular weight excluding hydrogens is 438 g/mol. The summed E-state index contributed by atoms with van der Waals surface area (Å²) in [6.45, 7) is 0.540. The molecule has 9 nitrogen and oxygen atoms in total. The van der Waals surface area contributed by atoms with Gasteiger partial charge < -0.3 is 4.57 Å². The minimum absolute atomic E-state index is 0.0307. The van der Waals surface area contributed by atoms with Crippen LogP contribution in [0.4, 0.5) is 0 Å². The summed E-state index contributed by atoms with van der Waals surface area (Å²) in [7, 11) is -1.66. The minimum Gasteiger partial charge on any atom is -0.331 e. The Kier molecular flexibility index (Phi) is 6.08. The molecule has 1 aliphatic heterocycles. The molecule has 3 heterocycles. The van der Waals surface area contributed by atoms with E-state index in [0.717, 1.165) is 11.0 Å². The van der Waals surface area contributed by atoms with Gasteiger partial charge >= 0.3 is 0 Å². The molecule has 1 aromatic carbocycles. The topological polar surface area (TPSA) is 113 Å². The lowest BCUT2D eigenvalue weighted by Crippen LogP contribution is -2.48. The molecule has 0 unspecified atom stereocenters. The van der Waals surface area contributed by atoms with Crippen LogP contribution in [0.3, 0.4) is 0 Å². The number of aryl methyl sites for hydroxylation is 1. The number of piperidine rings is 1. The third-order valence-corrected chi connectivity index (χ3v) is 8.71. The number of nitrogens with one attached hydrogen (secondary N) is 2. The maximum atomic E-state index is 12.6. The van der Waals surface area contributed by atoms with Crippen LogP contribution in [-0.2, 0) is 33.1 Å². The maximum Gasteiger partial charge on any atom is 0.252 e. The fourth-order valence-electron chi connectivity index (χ4n) is 3.67. The molecule has 0 atom stereocenters. The highest BCUT2D eigenvalue weighted by molar-refractivity contribution is 7.91. The van der Waals surface area contributed by atoms with Gasteiger partial charge in [-0.1, -0.05) is 18.2 Å². The number of amides is 2. The summed E-state index contributed by atoms with van der Waals surface area (Å²) in [5.74, 6) is -0.443. The smallest absolute Gasteiger partial charge is 0.252 e. The Labute approximate surface area is 184 Å². The molecule has 4 rings (SSSR count). The van der Waals surface area contributed by atoms with Gasteiger partial charge in [0.05, 0.1) is 17.5 Å². The SMILES string of the molecule is Cn1c(CC(=O)NNC(=O)C2CCN(S(=O)(=O)c3cccs3)CC2)nc2ccccc21. The second kappa shape index (κ2) is 8.77. The summed E-state index contributed by atoms with van der Waals surface area (Å²) in [4.78, 5) is 29.2. The van der Waals surface area contributed by atoms with Gasteiger partial charge in [0.1, 0.15) is 10.0 Å². The molecule has 0 aliphatic carbocycles. The van der Waals surface area contributed by atoms with Crippen molar-refractivity contribution in [2.45, 2.75) is 23.5 Å². The molecule has 2 aromatic heterocycles. The number of fused-ring (bicyclic) bond motifs is 1. The Balaban J connectivity index is 1.27. The van der Waals surface area contributed by atoms with Crippen LogP contribution in [0.2, 0.25) is 0 Å². The molecule has 164 valence electrons. The van der Waals surface area contributed by atoms with Gasteiger partial charge in [0.25, 0.3) is 10.0 Å². The van der Waals surface area contributed by atoms with E-state index in [1.807, 2.05) is 35.9 Å². The highest BCUT2D eigenvalue weighted by Crippen LogP contribution is 2.26. The molecule has 1 aliphatic rings. The van der Waals surface area contributed by atoms with E-state index >= 15 is 0 Å². The van der Waals surface area contributed by atoms with Crippen LogP contribution in [0.1, 0.15) is 18.7 Å². The Morgan fingerprint density at radius 2 is 1.87 bits per heavy atom. The molecule has 3 aromatic rings. The lowest BCUT2D eigenvalue weighted by Gasteiger charge is -2.30. The van der Waals surface area contributed by atoms with E-state index in [4.69, 9.17) is 0 Å². The Bertz CT molecular complexity index is 1200. The summed E-state index contributed by atoms with van der Waals surface area (Å²) in [6.07, 6.45) is 0.830. The summed E-state index contributed by atoms with van der Waals surface area (Å²) in [5, 5.41) is 1.73. The number of nitrogens with zero attached hydrogens (tertiary/aromatic N) is 3.